The molecule has 2 aromatic carbocycles. The third-order valence-electron chi connectivity index (χ3n) is 4.75. The van der Waals surface area contributed by atoms with Crippen LogP contribution in [0.1, 0.15) is 30.3 Å². The number of nitrogens with zero attached hydrogens (tertiary/aromatic N) is 3. The molecule has 4 rings (SSSR count). The lowest BCUT2D eigenvalue weighted by atomic mass is 10.0. The van der Waals surface area contributed by atoms with Crippen LogP contribution >= 0.6 is 15.9 Å². The molecule has 1 aliphatic heterocycles. The third kappa shape index (κ3) is 3.66. The van der Waals surface area contributed by atoms with Gasteiger partial charge in [0.25, 0.3) is 0 Å². The molecule has 2 heterocycles. The highest BCUT2D eigenvalue weighted by molar-refractivity contribution is 9.10. The van der Waals surface area contributed by atoms with Crippen molar-refractivity contribution in [3.05, 3.63) is 64.5 Å². The zero-order chi connectivity index (χ0) is 17.9. The standard InChI is InChI=1S/C20H20BrN3O2/c1-25-17-9-7-14(8-10-17)18-6-3-11-24(18)13-19-22-20(23-26-19)15-4-2-5-16(21)12-15/h2,4-5,7-10,12,18H,3,6,11,13H2,1H3. The number of hydrogen-bond acceptors (Lipinski definition) is 5. The van der Waals surface area contributed by atoms with Crippen molar-refractivity contribution in [2.24, 2.45) is 0 Å². The van der Waals surface area contributed by atoms with Gasteiger partial charge in [0, 0.05) is 16.1 Å². The van der Waals surface area contributed by atoms with Gasteiger partial charge in [-0.05, 0) is 49.2 Å². The first-order chi connectivity index (χ1) is 12.7. The third-order valence-corrected chi connectivity index (χ3v) is 5.25. The Labute approximate surface area is 161 Å². The summed E-state index contributed by atoms with van der Waals surface area (Å²) in [4.78, 5) is 6.98. The normalized spacial score (nSPS) is 17.5. The Kier molecular flexibility index (Phi) is 5.04. The molecule has 1 aromatic heterocycles. The number of benzene rings is 2. The first-order valence-electron chi connectivity index (χ1n) is 8.69. The van der Waals surface area contributed by atoms with E-state index in [-0.39, 0.29) is 0 Å². The Morgan fingerprint density at radius 2 is 2.08 bits per heavy atom. The van der Waals surface area contributed by atoms with Crippen LogP contribution in [0, 0.1) is 0 Å². The monoisotopic (exact) mass is 413 g/mol. The molecule has 0 N–H and O–H groups in total. The van der Waals surface area contributed by atoms with Crippen molar-refractivity contribution in [3.63, 3.8) is 0 Å². The molecule has 0 saturated carbocycles. The fourth-order valence-corrected chi connectivity index (χ4v) is 3.86. The molecule has 0 radical (unpaired) electrons. The first kappa shape index (κ1) is 17.2. The van der Waals surface area contributed by atoms with Gasteiger partial charge in [-0.25, -0.2) is 0 Å². The summed E-state index contributed by atoms with van der Waals surface area (Å²) in [7, 11) is 1.69. The second kappa shape index (κ2) is 7.60. The van der Waals surface area contributed by atoms with Crippen molar-refractivity contribution in [3.8, 4) is 17.1 Å². The molecule has 1 saturated heterocycles. The maximum atomic E-state index is 5.50. The largest absolute Gasteiger partial charge is 0.497 e. The van der Waals surface area contributed by atoms with Crippen LogP contribution in [-0.2, 0) is 6.54 Å². The summed E-state index contributed by atoms with van der Waals surface area (Å²) in [6.07, 6.45) is 2.31. The number of ether oxygens (including phenoxy) is 1. The topological polar surface area (TPSA) is 51.4 Å². The SMILES string of the molecule is COc1ccc(C2CCCN2Cc2nc(-c3cccc(Br)c3)no2)cc1. The van der Waals surface area contributed by atoms with Crippen molar-refractivity contribution >= 4 is 15.9 Å². The van der Waals surface area contributed by atoms with Gasteiger partial charge in [0.15, 0.2) is 0 Å². The van der Waals surface area contributed by atoms with Crippen LogP contribution in [0.25, 0.3) is 11.4 Å². The molecule has 0 spiro atoms. The molecule has 3 aromatic rings. The summed E-state index contributed by atoms with van der Waals surface area (Å²) in [5.74, 6) is 2.16. The number of halogens is 1. The molecule has 0 bridgehead atoms. The van der Waals surface area contributed by atoms with Crippen LogP contribution < -0.4 is 4.74 Å². The lowest BCUT2D eigenvalue weighted by molar-refractivity contribution is 0.212. The van der Waals surface area contributed by atoms with E-state index in [2.05, 4.69) is 43.1 Å². The van der Waals surface area contributed by atoms with E-state index >= 15 is 0 Å². The Balaban J connectivity index is 1.49. The van der Waals surface area contributed by atoms with Gasteiger partial charge < -0.3 is 9.26 Å². The molecule has 6 heteroatoms. The minimum absolute atomic E-state index is 0.377. The molecule has 1 unspecified atom stereocenters. The smallest absolute Gasteiger partial charge is 0.241 e. The average molecular weight is 414 g/mol. The Hall–Kier alpha value is -2.18. The van der Waals surface area contributed by atoms with Gasteiger partial charge in [0.1, 0.15) is 5.75 Å². The lowest BCUT2D eigenvalue weighted by Gasteiger charge is -2.23. The van der Waals surface area contributed by atoms with E-state index < -0.39 is 0 Å². The number of methoxy groups -OCH3 is 1. The molecular weight excluding hydrogens is 394 g/mol. The van der Waals surface area contributed by atoms with Gasteiger partial charge in [-0.2, -0.15) is 4.98 Å². The van der Waals surface area contributed by atoms with Gasteiger partial charge in [-0.15, -0.1) is 0 Å². The van der Waals surface area contributed by atoms with Gasteiger partial charge in [-0.3, -0.25) is 4.90 Å². The van der Waals surface area contributed by atoms with Crippen LogP contribution in [0.3, 0.4) is 0 Å². The Morgan fingerprint density at radius 3 is 2.85 bits per heavy atom. The van der Waals surface area contributed by atoms with E-state index in [1.54, 1.807) is 7.11 Å². The van der Waals surface area contributed by atoms with E-state index in [4.69, 9.17) is 9.26 Å². The highest BCUT2D eigenvalue weighted by Crippen LogP contribution is 2.34. The van der Waals surface area contributed by atoms with Crippen molar-refractivity contribution in [2.75, 3.05) is 13.7 Å². The minimum atomic E-state index is 0.377. The van der Waals surface area contributed by atoms with Crippen LogP contribution in [0.4, 0.5) is 0 Å². The Bertz CT molecular complexity index is 879. The zero-order valence-electron chi connectivity index (χ0n) is 14.6. The fraction of sp³-hybridized carbons (Fsp3) is 0.300. The summed E-state index contributed by atoms with van der Waals surface area (Å²) in [6.45, 7) is 1.70. The molecule has 1 atom stereocenters. The maximum absolute atomic E-state index is 5.50. The van der Waals surface area contributed by atoms with Crippen LogP contribution in [0.5, 0.6) is 5.75 Å². The summed E-state index contributed by atoms with van der Waals surface area (Å²) < 4.78 is 11.8. The highest BCUT2D eigenvalue weighted by atomic mass is 79.9. The number of rotatable bonds is 5. The summed E-state index contributed by atoms with van der Waals surface area (Å²) in [5, 5.41) is 4.14. The number of likely N-dealkylation sites (tertiary alicyclic amines) is 1. The molecule has 1 fully saturated rings. The summed E-state index contributed by atoms with van der Waals surface area (Å²) in [6, 6.07) is 16.6. The van der Waals surface area contributed by atoms with Crippen molar-refractivity contribution < 1.29 is 9.26 Å². The van der Waals surface area contributed by atoms with E-state index in [0.29, 0.717) is 24.3 Å². The fourth-order valence-electron chi connectivity index (χ4n) is 3.46. The zero-order valence-corrected chi connectivity index (χ0v) is 16.1. The van der Waals surface area contributed by atoms with Gasteiger partial charge in [0.2, 0.25) is 11.7 Å². The molecule has 1 aliphatic rings. The highest BCUT2D eigenvalue weighted by Gasteiger charge is 2.27. The van der Waals surface area contributed by atoms with Gasteiger partial charge in [0.05, 0.1) is 13.7 Å². The quantitative estimate of drug-likeness (QED) is 0.598. The predicted molar refractivity (Wildman–Crippen MR) is 103 cm³/mol. The number of hydrogen-bond donors (Lipinski definition) is 0. The lowest BCUT2D eigenvalue weighted by Crippen LogP contribution is -2.22. The molecular formula is C20H20BrN3O2. The van der Waals surface area contributed by atoms with E-state index in [9.17, 15) is 0 Å². The molecule has 0 aliphatic carbocycles. The molecule has 26 heavy (non-hydrogen) atoms. The van der Waals surface area contributed by atoms with E-state index in [1.165, 1.54) is 12.0 Å². The van der Waals surface area contributed by atoms with Gasteiger partial charge in [-0.1, -0.05) is 45.4 Å². The molecule has 0 amide bonds. The van der Waals surface area contributed by atoms with Crippen LogP contribution in [0.2, 0.25) is 0 Å². The van der Waals surface area contributed by atoms with E-state index in [0.717, 1.165) is 28.8 Å². The molecule has 134 valence electrons. The number of aromatic nitrogens is 2. The first-order valence-corrected chi connectivity index (χ1v) is 9.49. The van der Waals surface area contributed by atoms with Gasteiger partial charge >= 0.3 is 0 Å². The van der Waals surface area contributed by atoms with Crippen molar-refractivity contribution in [2.45, 2.75) is 25.4 Å². The summed E-state index contributed by atoms with van der Waals surface area (Å²) >= 11 is 3.48. The Morgan fingerprint density at radius 1 is 1.23 bits per heavy atom. The summed E-state index contributed by atoms with van der Waals surface area (Å²) in [5.41, 5.74) is 2.25. The van der Waals surface area contributed by atoms with Crippen molar-refractivity contribution in [1.29, 1.82) is 0 Å². The second-order valence-electron chi connectivity index (χ2n) is 6.42. The van der Waals surface area contributed by atoms with E-state index in [1.807, 2.05) is 36.4 Å². The maximum Gasteiger partial charge on any atom is 0.241 e. The second-order valence-corrected chi connectivity index (χ2v) is 7.34. The van der Waals surface area contributed by atoms with Crippen molar-refractivity contribution in [1.82, 2.24) is 15.0 Å². The van der Waals surface area contributed by atoms with Crippen LogP contribution in [0.15, 0.2) is 57.5 Å². The minimum Gasteiger partial charge on any atom is -0.497 e. The van der Waals surface area contributed by atoms with Crippen LogP contribution in [-0.4, -0.2) is 28.7 Å². The molecule has 5 nitrogen and oxygen atoms in total. The average Bonchev–Trinajstić information content (AvgIpc) is 3.32. The predicted octanol–water partition coefficient (Wildman–Crippen LogP) is 4.84.